The maximum atomic E-state index is 11.9. The lowest BCUT2D eigenvalue weighted by atomic mass is 10.3. The average molecular weight is 299 g/mol. The van der Waals surface area contributed by atoms with Gasteiger partial charge >= 0.3 is 0 Å². The molecule has 1 aromatic rings. The van der Waals surface area contributed by atoms with Crippen LogP contribution in [0.25, 0.3) is 0 Å². The molecule has 1 aliphatic rings. The monoisotopic (exact) mass is 298 g/mol. The quantitative estimate of drug-likeness (QED) is 0.749. The molecule has 2 rings (SSSR count). The average Bonchev–Trinajstić information content (AvgIpc) is 3.26. The molecule has 5 heteroatoms. The zero-order valence-electron chi connectivity index (χ0n) is 11.9. The van der Waals surface area contributed by atoms with E-state index >= 15 is 0 Å². The van der Waals surface area contributed by atoms with Gasteiger partial charge in [-0.25, -0.2) is 0 Å². The third-order valence-electron chi connectivity index (χ3n) is 3.26. The largest absolute Gasteiger partial charge is 0.379 e. The van der Waals surface area contributed by atoms with E-state index < -0.39 is 0 Å². The third-order valence-corrected chi connectivity index (χ3v) is 3.26. The SMILES string of the molecule is CN(CCOCC1CC1)C(=O)CNc1ccccc1.Cl. The summed E-state index contributed by atoms with van der Waals surface area (Å²) < 4.78 is 5.53. The van der Waals surface area contributed by atoms with Gasteiger partial charge in [-0.05, 0) is 30.9 Å². The van der Waals surface area contributed by atoms with E-state index in [-0.39, 0.29) is 18.3 Å². The number of nitrogens with zero attached hydrogens (tertiary/aromatic N) is 1. The van der Waals surface area contributed by atoms with Crippen LogP contribution in [0.5, 0.6) is 0 Å². The van der Waals surface area contributed by atoms with Crippen molar-refractivity contribution in [2.45, 2.75) is 12.8 Å². The summed E-state index contributed by atoms with van der Waals surface area (Å²) in [4.78, 5) is 13.6. The molecule has 0 radical (unpaired) electrons. The summed E-state index contributed by atoms with van der Waals surface area (Å²) in [6, 6.07) is 9.75. The predicted octanol–water partition coefficient (Wildman–Crippen LogP) is 2.41. The number of likely N-dealkylation sites (N-methyl/N-ethyl adjacent to an activating group) is 1. The van der Waals surface area contributed by atoms with Crippen molar-refractivity contribution in [1.82, 2.24) is 4.90 Å². The Bertz CT molecular complexity index is 396. The van der Waals surface area contributed by atoms with Crippen molar-refractivity contribution in [3.63, 3.8) is 0 Å². The lowest BCUT2D eigenvalue weighted by Crippen LogP contribution is -2.34. The fraction of sp³-hybridized carbons (Fsp3) is 0.533. The Morgan fingerprint density at radius 3 is 2.70 bits per heavy atom. The van der Waals surface area contributed by atoms with E-state index in [0.29, 0.717) is 19.7 Å². The van der Waals surface area contributed by atoms with Crippen LogP contribution >= 0.6 is 12.4 Å². The highest BCUT2D eigenvalue weighted by atomic mass is 35.5. The molecule has 0 saturated heterocycles. The number of para-hydroxylation sites is 1. The summed E-state index contributed by atoms with van der Waals surface area (Å²) in [5.74, 6) is 0.861. The van der Waals surface area contributed by atoms with Crippen LogP contribution in [0.4, 0.5) is 5.69 Å². The molecule has 0 heterocycles. The van der Waals surface area contributed by atoms with Crippen molar-refractivity contribution in [1.29, 1.82) is 0 Å². The molecular weight excluding hydrogens is 276 g/mol. The second-order valence-corrected chi connectivity index (χ2v) is 5.05. The molecule has 1 saturated carbocycles. The van der Waals surface area contributed by atoms with Gasteiger partial charge in [-0.15, -0.1) is 12.4 Å². The number of rotatable bonds is 8. The highest BCUT2D eigenvalue weighted by Gasteiger charge is 2.21. The molecule has 112 valence electrons. The fourth-order valence-corrected chi connectivity index (χ4v) is 1.73. The summed E-state index contributed by atoms with van der Waals surface area (Å²) in [6.07, 6.45) is 2.60. The molecule has 1 fully saturated rings. The number of carbonyl (C=O) groups is 1. The van der Waals surface area contributed by atoms with Crippen LogP contribution in [0.1, 0.15) is 12.8 Å². The molecule has 0 unspecified atom stereocenters. The molecule has 1 N–H and O–H groups in total. The Hall–Kier alpha value is -1.26. The molecule has 0 spiro atoms. The lowest BCUT2D eigenvalue weighted by Gasteiger charge is -2.17. The van der Waals surface area contributed by atoms with Crippen LogP contribution in [0.2, 0.25) is 0 Å². The molecule has 0 bridgehead atoms. The number of amides is 1. The molecular formula is C15H23ClN2O2. The normalized spacial score (nSPS) is 13.4. The van der Waals surface area contributed by atoms with Gasteiger partial charge in [0.1, 0.15) is 0 Å². The fourth-order valence-electron chi connectivity index (χ4n) is 1.73. The first-order valence-corrected chi connectivity index (χ1v) is 6.86. The van der Waals surface area contributed by atoms with Crippen molar-refractivity contribution >= 4 is 24.0 Å². The van der Waals surface area contributed by atoms with Crippen LogP contribution < -0.4 is 5.32 Å². The van der Waals surface area contributed by atoms with E-state index in [2.05, 4.69) is 5.32 Å². The molecule has 0 aromatic heterocycles. The first-order valence-electron chi connectivity index (χ1n) is 6.86. The Balaban J connectivity index is 0.00000200. The van der Waals surface area contributed by atoms with Gasteiger partial charge in [0, 0.05) is 25.9 Å². The topological polar surface area (TPSA) is 41.6 Å². The molecule has 4 nitrogen and oxygen atoms in total. The van der Waals surface area contributed by atoms with Gasteiger partial charge in [0.2, 0.25) is 5.91 Å². The number of hydrogen-bond donors (Lipinski definition) is 1. The van der Waals surface area contributed by atoms with Crippen LogP contribution in [-0.4, -0.2) is 44.2 Å². The summed E-state index contributed by atoms with van der Waals surface area (Å²) in [5, 5.41) is 3.11. The third kappa shape index (κ3) is 6.26. The maximum absolute atomic E-state index is 11.9. The molecule has 1 aromatic carbocycles. The highest BCUT2D eigenvalue weighted by molar-refractivity contribution is 5.85. The van der Waals surface area contributed by atoms with Gasteiger partial charge in [-0.2, -0.15) is 0 Å². The van der Waals surface area contributed by atoms with E-state index in [4.69, 9.17) is 4.74 Å². The maximum Gasteiger partial charge on any atom is 0.241 e. The Kier molecular flexibility index (Phi) is 7.41. The highest BCUT2D eigenvalue weighted by Crippen LogP contribution is 2.28. The number of halogens is 1. The predicted molar refractivity (Wildman–Crippen MR) is 83.4 cm³/mol. The van der Waals surface area contributed by atoms with E-state index in [9.17, 15) is 4.79 Å². The minimum atomic E-state index is 0. The van der Waals surface area contributed by atoms with Gasteiger partial charge in [0.25, 0.3) is 0 Å². The second kappa shape index (κ2) is 8.82. The molecule has 0 aliphatic heterocycles. The molecule has 0 atom stereocenters. The number of anilines is 1. The number of benzene rings is 1. The molecule has 20 heavy (non-hydrogen) atoms. The Morgan fingerprint density at radius 2 is 2.05 bits per heavy atom. The number of ether oxygens (including phenoxy) is 1. The zero-order chi connectivity index (χ0) is 13.5. The van der Waals surface area contributed by atoms with Crippen LogP contribution in [0.15, 0.2) is 30.3 Å². The Labute approximate surface area is 126 Å². The van der Waals surface area contributed by atoms with Crippen molar-refractivity contribution < 1.29 is 9.53 Å². The Morgan fingerprint density at radius 1 is 1.35 bits per heavy atom. The standard InChI is InChI=1S/C15H22N2O2.ClH/c1-17(9-10-19-12-13-7-8-13)15(18)11-16-14-5-3-2-4-6-14;/h2-6,13,16H,7-12H2,1H3;1H. The van der Waals surface area contributed by atoms with Gasteiger partial charge in [0.15, 0.2) is 0 Å². The van der Waals surface area contributed by atoms with Gasteiger partial charge in [-0.3, -0.25) is 4.79 Å². The van der Waals surface area contributed by atoms with Crippen LogP contribution in [0.3, 0.4) is 0 Å². The van der Waals surface area contributed by atoms with Crippen molar-refractivity contribution in [2.75, 3.05) is 38.7 Å². The van der Waals surface area contributed by atoms with Crippen molar-refractivity contribution in [3.05, 3.63) is 30.3 Å². The number of carbonyl (C=O) groups excluding carboxylic acids is 1. The smallest absolute Gasteiger partial charge is 0.241 e. The first kappa shape index (κ1) is 16.8. The van der Waals surface area contributed by atoms with E-state index in [1.807, 2.05) is 37.4 Å². The van der Waals surface area contributed by atoms with E-state index in [0.717, 1.165) is 18.2 Å². The van der Waals surface area contributed by atoms with Crippen LogP contribution in [-0.2, 0) is 9.53 Å². The van der Waals surface area contributed by atoms with Crippen molar-refractivity contribution in [2.24, 2.45) is 5.92 Å². The summed E-state index contributed by atoms with van der Waals surface area (Å²) in [7, 11) is 1.81. The summed E-state index contributed by atoms with van der Waals surface area (Å²) >= 11 is 0. The summed E-state index contributed by atoms with van der Waals surface area (Å²) in [6.45, 7) is 2.46. The second-order valence-electron chi connectivity index (χ2n) is 5.05. The number of nitrogens with one attached hydrogen (secondary N) is 1. The number of hydrogen-bond acceptors (Lipinski definition) is 3. The van der Waals surface area contributed by atoms with Gasteiger partial charge in [0.05, 0.1) is 13.2 Å². The van der Waals surface area contributed by atoms with E-state index in [1.165, 1.54) is 12.8 Å². The molecule has 1 amide bonds. The minimum absolute atomic E-state index is 0. The zero-order valence-corrected chi connectivity index (χ0v) is 12.7. The van der Waals surface area contributed by atoms with Crippen molar-refractivity contribution in [3.8, 4) is 0 Å². The summed E-state index contributed by atoms with van der Waals surface area (Å²) in [5.41, 5.74) is 0.967. The lowest BCUT2D eigenvalue weighted by molar-refractivity contribution is -0.128. The first-order chi connectivity index (χ1) is 9.25. The van der Waals surface area contributed by atoms with E-state index in [1.54, 1.807) is 4.90 Å². The van der Waals surface area contributed by atoms with Gasteiger partial charge < -0.3 is 15.0 Å². The molecule has 1 aliphatic carbocycles. The van der Waals surface area contributed by atoms with Gasteiger partial charge in [-0.1, -0.05) is 18.2 Å². The van der Waals surface area contributed by atoms with Crippen LogP contribution in [0, 0.1) is 5.92 Å². The minimum Gasteiger partial charge on any atom is -0.379 e.